The van der Waals surface area contributed by atoms with E-state index in [4.69, 9.17) is 0 Å². The van der Waals surface area contributed by atoms with Crippen molar-refractivity contribution in [1.82, 2.24) is 10.2 Å². The van der Waals surface area contributed by atoms with Gasteiger partial charge in [0.15, 0.2) is 0 Å². The van der Waals surface area contributed by atoms with Crippen molar-refractivity contribution in [3.05, 3.63) is 0 Å². The quantitative estimate of drug-likeness (QED) is 0.743. The van der Waals surface area contributed by atoms with Crippen LogP contribution in [0, 0.1) is 0 Å². The minimum absolute atomic E-state index is 0.781. The summed E-state index contributed by atoms with van der Waals surface area (Å²) in [6, 6.07) is 2.54. The first kappa shape index (κ1) is 10.4. The number of nitrogens with zero attached hydrogens (tertiary/aromatic N) is 1. The summed E-state index contributed by atoms with van der Waals surface area (Å²) in [6.45, 7) is 0. The average Bonchev–Trinajstić information content (AvgIpc) is 2.88. The monoisotopic (exact) mass is 196 g/mol. The first-order chi connectivity index (χ1) is 6.81. The lowest BCUT2D eigenvalue weighted by Crippen LogP contribution is -2.38. The molecule has 1 N–H and O–H groups in total. The molecule has 2 fully saturated rings. The molecule has 2 aliphatic rings. The summed E-state index contributed by atoms with van der Waals surface area (Å²) in [4.78, 5) is 2.67. The second-order valence-electron chi connectivity index (χ2n) is 5.06. The van der Waals surface area contributed by atoms with E-state index in [0.717, 1.165) is 18.1 Å². The van der Waals surface area contributed by atoms with Crippen molar-refractivity contribution in [1.29, 1.82) is 0 Å². The molecule has 14 heavy (non-hydrogen) atoms. The van der Waals surface area contributed by atoms with Gasteiger partial charge in [-0.3, -0.25) is 0 Å². The Morgan fingerprint density at radius 2 is 1.71 bits per heavy atom. The van der Waals surface area contributed by atoms with Crippen LogP contribution in [0.4, 0.5) is 0 Å². The Hall–Kier alpha value is -0.0800. The van der Waals surface area contributed by atoms with E-state index in [0.29, 0.717) is 0 Å². The van der Waals surface area contributed by atoms with Crippen molar-refractivity contribution in [3.63, 3.8) is 0 Å². The molecule has 2 heteroatoms. The summed E-state index contributed by atoms with van der Waals surface area (Å²) in [5, 5.41) is 3.41. The molecule has 0 spiro atoms. The summed E-state index contributed by atoms with van der Waals surface area (Å²) in [7, 11) is 4.45. The fourth-order valence-corrected chi connectivity index (χ4v) is 3.20. The molecule has 0 saturated heterocycles. The minimum atomic E-state index is 0.781. The predicted molar refractivity (Wildman–Crippen MR) is 60.5 cm³/mol. The minimum Gasteiger partial charge on any atom is -0.317 e. The topological polar surface area (TPSA) is 15.3 Å². The molecule has 2 nitrogen and oxygen atoms in total. The third-order valence-corrected chi connectivity index (χ3v) is 4.29. The van der Waals surface area contributed by atoms with Crippen molar-refractivity contribution < 1.29 is 0 Å². The van der Waals surface area contributed by atoms with E-state index < -0.39 is 0 Å². The molecule has 2 unspecified atom stereocenters. The van der Waals surface area contributed by atoms with E-state index in [-0.39, 0.29) is 0 Å². The molecule has 0 bridgehead atoms. The lowest BCUT2D eigenvalue weighted by Gasteiger charge is -2.30. The molecule has 0 aromatic rings. The first-order valence-electron chi connectivity index (χ1n) is 6.20. The van der Waals surface area contributed by atoms with Crippen molar-refractivity contribution in [2.45, 2.75) is 63.1 Å². The molecular formula is C12H24N2. The van der Waals surface area contributed by atoms with Gasteiger partial charge in [0.2, 0.25) is 0 Å². The van der Waals surface area contributed by atoms with Crippen LogP contribution in [0.15, 0.2) is 0 Å². The zero-order chi connectivity index (χ0) is 9.97. The van der Waals surface area contributed by atoms with Crippen LogP contribution in [0.2, 0.25) is 0 Å². The highest BCUT2D eigenvalue weighted by Gasteiger charge is 2.31. The third-order valence-electron chi connectivity index (χ3n) is 4.29. The Bertz CT molecular complexity index is 175. The highest BCUT2D eigenvalue weighted by atomic mass is 15.2. The Morgan fingerprint density at radius 3 is 2.29 bits per heavy atom. The second kappa shape index (κ2) is 4.63. The molecule has 82 valence electrons. The zero-order valence-corrected chi connectivity index (χ0v) is 9.63. The van der Waals surface area contributed by atoms with Crippen LogP contribution in [-0.4, -0.2) is 37.1 Å². The third kappa shape index (κ3) is 2.12. The number of hydrogen-bond donors (Lipinski definition) is 1. The zero-order valence-electron chi connectivity index (χ0n) is 9.63. The molecule has 0 aromatic carbocycles. The van der Waals surface area contributed by atoms with Crippen LogP contribution in [0.25, 0.3) is 0 Å². The average molecular weight is 196 g/mol. The largest absolute Gasteiger partial charge is 0.317 e. The smallest absolute Gasteiger partial charge is 0.0110 e. The molecule has 0 heterocycles. The molecule has 0 amide bonds. The van der Waals surface area contributed by atoms with Gasteiger partial charge in [-0.25, -0.2) is 0 Å². The summed E-state index contributed by atoms with van der Waals surface area (Å²) in [5.74, 6) is 0. The summed E-state index contributed by atoms with van der Waals surface area (Å²) >= 11 is 0. The van der Waals surface area contributed by atoms with Crippen molar-refractivity contribution >= 4 is 0 Å². The van der Waals surface area contributed by atoms with Gasteiger partial charge in [-0.05, 0) is 46.2 Å². The van der Waals surface area contributed by atoms with Gasteiger partial charge in [-0.2, -0.15) is 0 Å². The highest BCUT2D eigenvalue weighted by Crippen LogP contribution is 2.30. The predicted octanol–water partition coefficient (Wildman–Crippen LogP) is 2.00. The van der Waals surface area contributed by atoms with Gasteiger partial charge in [0, 0.05) is 18.1 Å². The van der Waals surface area contributed by atoms with Gasteiger partial charge in [-0.1, -0.05) is 12.8 Å². The fraction of sp³-hybridized carbons (Fsp3) is 1.00. The van der Waals surface area contributed by atoms with Crippen molar-refractivity contribution in [2.75, 3.05) is 14.1 Å². The normalized spacial score (nSPS) is 34.5. The van der Waals surface area contributed by atoms with Crippen LogP contribution in [0.3, 0.4) is 0 Å². The van der Waals surface area contributed by atoms with Gasteiger partial charge in [-0.15, -0.1) is 0 Å². The van der Waals surface area contributed by atoms with E-state index in [2.05, 4.69) is 24.3 Å². The maximum atomic E-state index is 3.41. The van der Waals surface area contributed by atoms with E-state index in [1.54, 1.807) is 0 Å². The molecule has 2 saturated carbocycles. The SMILES string of the molecule is CNC1CCC(N(C)C2CCCC2)C1. The van der Waals surface area contributed by atoms with Crippen molar-refractivity contribution in [3.8, 4) is 0 Å². The maximum Gasteiger partial charge on any atom is 0.0110 e. The summed E-state index contributed by atoms with van der Waals surface area (Å²) < 4.78 is 0. The van der Waals surface area contributed by atoms with Crippen LogP contribution in [-0.2, 0) is 0 Å². The Morgan fingerprint density at radius 1 is 1.00 bits per heavy atom. The van der Waals surface area contributed by atoms with E-state index >= 15 is 0 Å². The first-order valence-corrected chi connectivity index (χ1v) is 6.20. The van der Waals surface area contributed by atoms with Gasteiger partial charge >= 0.3 is 0 Å². The van der Waals surface area contributed by atoms with Crippen molar-refractivity contribution in [2.24, 2.45) is 0 Å². The lowest BCUT2D eigenvalue weighted by molar-refractivity contribution is 0.175. The Labute approximate surface area is 88.1 Å². The Kier molecular flexibility index (Phi) is 3.45. The summed E-state index contributed by atoms with van der Waals surface area (Å²) in [5.41, 5.74) is 0. The highest BCUT2D eigenvalue weighted by molar-refractivity contribution is 4.88. The maximum absolute atomic E-state index is 3.41. The van der Waals surface area contributed by atoms with E-state index in [1.165, 1.54) is 44.9 Å². The van der Waals surface area contributed by atoms with Crippen LogP contribution in [0.1, 0.15) is 44.9 Å². The fourth-order valence-electron chi connectivity index (χ4n) is 3.20. The van der Waals surface area contributed by atoms with E-state index in [9.17, 15) is 0 Å². The number of nitrogens with one attached hydrogen (secondary N) is 1. The van der Waals surface area contributed by atoms with Crippen LogP contribution >= 0.6 is 0 Å². The Balaban J connectivity index is 1.83. The molecule has 0 aromatic heterocycles. The number of rotatable bonds is 3. The van der Waals surface area contributed by atoms with Gasteiger partial charge < -0.3 is 10.2 Å². The lowest BCUT2D eigenvalue weighted by atomic mass is 10.1. The molecule has 2 rings (SSSR count). The van der Waals surface area contributed by atoms with E-state index in [1.807, 2.05) is 0 Å². The molecule has 0 aliphatic heterocycles. The molecular weight excluding hydrogens is 172 g/mol. The van der Waals surface area contributed by atoms with Gasteiger partial charge in [0.05, 0.1) is 0 Å². The van der Waals surface area contributed by atoms with Gasteiger partial charge in [0.25, 0.3) is 0 Å². The number of hydrogen-bond acceptors (Lipinski definition) is 2. The van der Waals surface area contributed by atoms with Gasteiger partial charge in [0.1, 0.15) is 0 Å². The van der Waals surface area contributed by atoms with Crippen LogP contribution < -0.4 is 5.32 Å². The molecule has 0 radical (unpaired) electrons. The standard InChI is InChI=1S/C12H24N2/c1-13-10-7-8-12(9-10)14(2)11-5-3-4-6-11/h10-13H,3-9H2,1-2H3. The van der Waals surface area contributed by atoms with Crippen LogP contribution in [0.5, 0.6) is 0 Å². The second-order valence-corrected chi connectivity index (χ2v) is 5.06. The summed E-state index contributed by atoms with van der Waals surface area (Å²) in [6.07, 6.45) is 9.93. The molecule has 2 aliphatic carbocycles. The molecule has 2 atom stereocenters.